The van der Waals surface area contributed by atoms with Gasteiger partial charge in [0.25, 0.3) is 0 Å². The zero-order chi connectivity index (χ0) is 12.7. The van der Waals surface area contributed by atoms with Crippen LogP contribution in [-0.4, -0.2) is 49.1 Å². The Balaban J connectivity index is 2.26. The van der Waals surface area contributed by atoms with Gasteiger partial charge in [0.15, 0.2) is 0 Å². The molecule has 0 aromatic heterocycles. The molecule has 0 aromatic carbocycles. The van der Waals surface area contributed by atoms with Crippen LogP contribution in [0, 0.1) is 12.3 Å². The number of piperidine rings is 1. The Hall–Kier alpha value is -1.05. The summed E-state index contributed by atoms with van der Waals surface area (Å²) in [7, 11) is 0. The van der Waals surface area contributed by atoms with Gasteiger partial charge in [0.05, 0.1) is 12.6 Å². The molecule has 1 unspecified atom stereocenters. The number of hydrogen-bond donors (Lipinski definition) is 2. The fraction of sp³-hybridized carbons (Fsp3) is 0.769. The van der Waals surface area contributed by atoms with E-state index in [1.165, 1.54) is 0 Å². The van der Waals surface area contributed by atoms with Crippen molar-refractivity contribution in [3.63, 3.8) is 0 Å². The van der Waals surface area contributed by atoms with Gasteiger partial charge in [-0.3, -0.25) is 9.69 Å². The maximum absolute atomic E-state index is 11.6. The summed E-state index contributed by atoms with van der Waals surface area (Å²) in [4.78, 5) is 13.8. The topological polar surface area (TPSA) is 44.4 Å². The van der Waals surface area contributed by atoms with Crippen LogP contribution in [0.1, 0.15) is 26.7 Å². The fourth-order valence-corrected chi connectivity index (χ4v) is 2.14. The minimum atomic E-state index is -0.112. The Labute approximate surface area is 104 Å². The van der Waals surface area contributed by atoms with Crippen LogP contribution in [0.15, 0.2) is 0 Å². The third kappa shape index (κ3) is 4.76. The van der Waals surface area contributed by atoms with Crippen LogP contribution in [-0.2, 0) is 4.79 Å². The van der Waals surface area contributed by atoms with Crippen molar-refractivity contribution in [3.05, 3.63) is 0 Å². The highest BCUT2D eigenvalue weighted by Crippen LogP contribution is 2.10. The quantitative estimate of drug-likeness (QED) is 0.671. The molecule has 1 atom stereocenters. The summed E-state index contributed by atoms with van der Waals surface area (Å²) in [5, 5.41) is 6.20. The molecule has 2 N–H and O–H groups in total. The van der Waals surface area contributed by atoms with Gasteiger partial charge in [0.1, 0.15) is 0 Å². The molecule has 1 aliphatic heterocycles. The maximum atomic E-state index is 11.6. The summed E-state index contributed by atoms with van der Waals surface area (Å²) >= 11 is 0. The molecule has 1 heterocycles. The van der Waals surface area contributed by atoms with Crippen molar-refractivity contribution in [2.24, 2.45) is 0 Å². The number of likely N-dealkylation sites (N-methyl/N-ethyl adjacent to an activating group) is 1. The Morgan fingerprint density at radius 2 is 2.18 bits per heavy atom. The van der Waals surface area contributed by atoms with Gasteiger partial charge in [-0.2, -0.15) is 0 Å². The Kier molecular flexibility index (Phi) is 6.03. The highest BCUT2D eigenvalue weighted by molar-refractivity contribution is 5.81. The molecule has 1 saturated heterocycles. The molecule has 1 rings (SSSR count). The van der Waals surface area contributed by atoms with Crippen LogP contribution >= 0.6 is 0 Å². The largest absolute Gasteiger partial charge is 0.355 e. The molecule has 1 aliphatic rings. The first kappa shape index (κ1) is 14.0. The Morgan fingerprint density at radius 1 is 1.53 bits per heavy atom. The first-order valence-electron chi connectivity index (χ1n) is 6.37. The monoisotopic (exact) mass is 237 g/mol. The molecule has 1 fully saturated rings. The van der Waals surface area contributed by atoms with Crippen LogP contribution in [0.2, 0.25) is 0 Å². The lowest BCUT2D eigenvalue weighted by Crippen LogP contribution is -2.50. The maximum Gasteiger partial charge on any atom is 0.236 e. The normalized spacial score (nSPS) is 19.6. The van der Waals surface area contributed by atoms with Crippen molar-refractivity contribution in [1.29, 1.82) is 0 Å². The predicted molar refractivity (Wildman–Crippen MR) is 69.6 cm³/mol. The van der Waals surface area contributed by atoms with E-state index in [1.54, 1.807) is 0 Å². The summed E-state index contributed by atoms with van der Waals surface area (Å²) in [5.74, 6) is 2.75. The van der Waals surface area contributed by atoms with E-state index in [2.05, 4.69) is 21.5 Å². The molecule has 4 nitrogen and oxygen atoms in total. The van der Waals surface area contributed by atoms with Crippen molar-refractivity contribution in [2.45, 2.75) is 38.8 Å². The molecule has 0 bridgehead atoms. The van der Waals surface area contributed by atoms with Crippen LogP contribution < -0.4 is 10.6 Å². The Bertz CT molecular complexity index is 277. The second kappa shape index (κ2) is 7.31. The van der Waals surface area contributed by atoms with Gasteiger partial charge in [0.2, 0.25) is 5.91 Å². The van der Waals surface area contributed by atoms with Crippen LogP contribution in [0.4, 0.5) is 0 Å². The first-order valence-corrected chi connectivity index (χ1v) is 6.37. The van der Waals surface area contributed by atoms with E-state index in [9.17, 15) is 4.79 Å². The van der Waals surface area contributed by atoms with Gasteiger partial charge in [-0.25, -0.2) is 0 Å². The van der Waals surface area contributed by atoms with Crippen molar-refractivity contribution in [3.8, 4) is 12.3 Å². The van der Waals surface area contributed by atoms with E-state index in [-0.39, 0.29) is 11.9 Å². The molecular formula is C13H23N3O. The van der Waals surface area contributed by atoms with Gasteiger partial charge in [-0.1, -0.05) is 5.92 Å². The SMILES string of the molecule is C#CCN1CCC(NC(C)C(=O)NCC)CC1. The minimum Gasteiger partial charge on any atom is -0.355 e. The van der Waals surface area contributed by atoms with Gasteiger partial charge in [0, 0.05) is 25.7 Å². The zero-order valence-corrected chi connectivity index (χ0v) is 10.8. The summed E-state index contributed by atoms with van der Waals surface area (Å²) < 4.78 is 0. The van der Waals surface area contributed by atoms with Crippen LogP contribution in [0.25, 0.3) is 0 Å². The van der Waals surface area contributed by atoms with Crippen molar-refractivity contribution in [2.75, 3.05) is 26.2 Å². The molecule has 0 spiro atoms. The van der Waals surface area contributed by atoms with Gasteiger partial charge in [-0.15, -0.1) is 6.42 Å². The fourth-order valence-electron chi connectivity index (χ4n) is 2.14. The molecule has 0 saturated carbocycles. The highest BCUT2D eigenvalue weighted by atomic mass is 16.2. The van der Waals surface area contributed by atoms with Crippen molar-refractivity contribution in [1.82, 2.24) is 15.5 Å². The molecule has 0 radical (unpaired) electrons. The van der Waals surface area contributed by atoms with Gasteiger partial charge >= 0.3 is 0 Å². The lowest BCUT2D eigenvalue weighted by Gasteiger charge is -2.32. The van der Waals surface area contributed by atoms with Crippen LogP contribution in [0.3, 0.4) is 0 Å². The van der Waals surface area contributed by atoms with E-state index >= 15 is 0 Å². The van der Waals surface area contributed by atoms with Crippen molar-refractivity contribution >= 4 is 5.91 Å². The van der Waals surface area contributed by atoms with Crippen LogP contribution in [0.5, 0.6) is 0 Å². The summed E-state index contributed by atoms with van der Waals surface area (Å²) in [6, 6.07) is 0.320. The predicted octanol–water partition coefficient (Wildman–Crippen LogP) is 0.198. The molecule has 1 amide bonds. The number of nitrogens with zero attached hydrogens (tertiary/aromatic N) is 1. The van der Waals surface area contributed by atoms with Gasteiger partial charge < -0.3 is 10.6 Å². The standard InChI is InChI=1S/C13H23N3O/c1-4-8-16-9-6-12(7-10-16)15-11(3)13(17)14-5-2/h1,11-12,15H,5-10H2,2-3H3,(H,14,17). The molecule has 96 valence electrons. The highest BCUT2D eigenvalue weighted by Gasteiger charge is 2.21. The molecule has 4 heteroatoms. The van der Waals surface area contributed by atoms with Gasteiger partial charge in [-0.05, 0) is 26.7 Å². The molecule has 0 aliphatic carbocycles. The third-order valence-corrected chi connectivity index (χ3v) is 3.13. The average molecular weight is 237 g/mol. The summed E-state index contributed by atoms with van der Waals surface area (Å²) in [6.07, 6.45) is 7.41. The number of likely N-dealkylation sites (tertiary alicyclic amines) is 1. The number of hydrogen-bond acceptors (Lipinski definition) is 3. The molecular weight excluding hydrogens is 214 g/mol. The summed E-state index contributed by atoms with van der Waals surface area (Å²) in [5.41, 5.74) is 0. The average Bonchev–Trinajstić information content (AvgIpc) is 2.32. The lowest BCUT2D eigenvalue weighted by molar-refractivity contribution is -0.122. The van der Waals surface area contributed by atoms with E-state index in [1.807, 2.05) is 13.8 Å². The smallest absolute Gasteiger partial charge is 0.236 e. The third-order valence-electron chi connectivity index (χ3n) is 3.13. The molecule has 17 heavy (non-hydrogen) atoms. The molecule has 0 aromatic rings. The lowest BCUT2D eigenvalue weighted by atomic mass is 10.0. The second-order valence-electron chi connectivity index (χ2n) is 4.54. The number of carbonyl (C=O) groups excluding carboxylic acids is 1. The summed E-state index contributed by atoms with van der Waals surface area (Å²) in [6.45, 7) is 7.31. The van der Waals surface area contributed by atoms with E-state index < -0.39 is 0 Å². The number of amides is 1. The second-order valence-corrected chi connectivity index (χ2v) is 4.54. The van der Waals surface area contributed by atoms with E-state index in [0.29, 0.717) is 12.6 Å². The van der Waals surface area contributed by atoms with E-state index in [4.69, 9.17) is 6.42 Å². The number of terminal acetylenes is 1. The van der Waals surface area contributed by atoms with E-state index in [0.717, 1.165) is 32.5 Å². The zero-order valence-electron chi connectivity index (χ0n) is 10.8. The number of nitrogens with one attached hydrogen (secondary N) is 2. The Morgan fingerprint density at radius 3 is 2.71 bits per heavy atom. The number of rotatable bonds is 5. The first-order chi connectivity index (χ1) is 8.17. The minimum absolute atomic E-state index is 0.0820. The number of carbonyl (C=O) groups is 1. The van der Waals surface area contributed by atoms with Crippen molar-refractivity contribution < 1.29 is 4.79 Å².